The van der Waals surface area contributed by atoms with Crippen LogP contribution in [0.3, 0.4) is 0 Å². The molecule has 1 amide bonds. The van der Waals surface area contributed by atoms with Gasteiger partial charge in [0.1, 0.15) is 5.75 Å². The highest BCUT2D eigenvalue weighted by molar-refractivity contribution is 7.12. The van der Waals surface area contributed by atoms with E-state index >= 15 is 0 Å². The number of ether oxygens (including phenoxy) is 1. The number of hydrogen-bond donors (Lipinski definition) is 1. The van der Waals surface area contributed by atoms with Crippen molar-refractivity contribution in [1.29, 1.82) is 0 Å². The number of benzene rings is 1. The molecule has 3 aromatic rings. The van der Waals surface area contributed by atoms with Crippen LogP contribution in [0.15, 0.2) is 41.8 Å². The number of aryl methyl sites for hydroxylation is 1. The molecule has 2 aromatic heterocycles. The van der Waals surface area contributed by atoms with E-state index in [4.69, 9.17) is 0 Å². The average Bonchev–Trinajstić information content (AvgIpc) is 3.24. The summed E-state index contributed by atoms with van der Waals surface area (Å²) in [6.45, 7) is -0.908. The third-order valence-electron chi connectivity index (χ3n) is 3.70. The molecule has 0 saturated heterocycles. The number of amides is 1. The fourth-order valence-corrected chi connectivity index (χ4v) is 3.20. The van der Waals surface area contributed by atoms with E-state index in [1.54, 1.807) is 18.4 Å². The molecular formula is C17H14F2N4O4S. The van der Waals surface area contributed by atoms with Gasteiger partial charge < -0.3 is 20.2 Å². The Morgan fingerprint density at radius 3 is 2.68 bits per heavy atom. The zero-order chi connectivity index (χ0) is 20.3. The van der Waals surface area contributed by atoms with Gasteiger partial charge >= 0.3 is 12.4 Å². The smallest absolute Gasteiger partial charge is 0.390 e. The van der Waals surface area contributed by atoms with Crippen LogP contribution in [-0.4, -0.2) is 27.2 Å². The number of alkyl halides is 2. The van der Waals surface area contributed by atoms with Crippen LogP contribution in [-0.2, 0) is 6.54 Å². The Bertz CT molecular complexity index is 1000. The van der Waals surface area contributed by atoms with Crippen LogP contribution >= 0.6 is 11.3 Å². The minimum absolute atomic E-state index is 0.00454. The fraction of sp³-hybridized carbons (Fsp3) is 0.176. The number of aromatic nitrogens is 2. The van der Waals surface area contributed by atoms with Crippen molar-refractivity contribution in [2.75, 3.05) is 5.32 Å². The van der Waals surface area contributed by atoms with Gasteiger partial charge in [0.05, 0.1) is 28.3 Å². The number of nitrogens with one attached hydrogen (secondary N) is 1. The topological polar surface area (TPSA) is 99.3 Å². The largest absolute Gasteiger partial charge is 0.435 e. The highest BCUT2D eigenvalue weighted by Gasteiger charge is 2.17. The Labute approximate surface area is 161 Å². The zero-order valence-corrected chi connectivity index (χ0v) is 15.3. The predicted octanol–water partition coefficient (Wildman–Crippen LogP) is 4.06. The van der Waals surface area contributed by atoms with Crippen molar-refractivity contribution in [2.45, 2.75) is 20.1 Å². The SMILES string of the molecule is Cc1cc([N+](=O)[O-])nn1Cc1csc(C(=O)Nc2ccc(OC(F)F)cc2)c1. The minimum atomic E-state index is -2.91. The van der Waals surface area contributed by atoms with Crippen LogP contribution in [0.5, 0.6) is 5.75 Å². The molecule has 0 fully saturated rings. The number of halogens is 2. The first kappa shape index (κ1) is 19.4. The summed E-state index contributed by atoms with van der Waals surface area (Å²) in [5, 5.41) is 19.1. The maximum absolute atomic E-state index is 12.3. The Balaban J connectivity index is 1.64. The van der Waals surface area contributed by atoms with Crippen LogP contribution in [0, 0.1) is 17.0 Å². The molecule has 0 bridgehead atoms. The molecule has 1 N–H and O–H groups in total. The summed E-state index contributed by atoms with van der Waals surface area (Å²) >= 11 is 1.22. The standard InChI is InChI=1S/C17H14F2N4O4S/c1-10-6-15(23(25)26)21-22(10)8-11-7-14(28-9-11)16(24)20-12-2-4-13(5-3-12)27-17(18)19/h2-7,9,17H,8H2,1H3,(H,20,24). The Morgan fingerprint density at radius 1 is 1.36 bits per heavy atom. The summed E-state index contributed by atoms with van der Waals surface area (Å²) < 4.78 is 30.0. The molecule has 0 radical (unpaired) electrons. The van der Waals surface area contributed by atoms with Gasteiger partial charge in [0.2, 0.25) is 0 Å². The Morgan fingerprint density at radius 2 is 2.07 bits per heavy atom. The molecular weight excluding hydrogens is 394 g/mol. The fourth-order valence-electron chi connectivity index (χ4n) is 2.40. The van der Waals surface area contributed by atoms with Gasteiger partial charge in [-0.05, 0) is 53.1 Å². The normalized spacial score (nSPS) is 10.9. The average molecular weight is 408 g/mol. The van der Waals surface area contributed by atoms with Crippen molar-refractivity contribution in [3.05, 3.63) is 68.0 Å². The number of carbonyl (C=O) groups excluding carboxylic acids is 1. The van der Waals surface area contributed by atoms with E-state index in [0.29, 0.717) is 22.8 Å². The monoisotopic (exact) mass is 408 g/mol. The molecule has 0 aliphatic carbocycles. The van der Waals surface area contributed by atoms with Crippen LogP contribution in [0.1, 0.15) is 20.9 Å². The van der Waals surface area contributed by atoms with E-state index in [1.165, 1.54) is 46.4 Å². The van der Waals surface area contributed by atoms with Gasteiger partial charge in [-0.25, -0.2) is 0 Å². The molecule has 0 spiro atoms. The van der Waals surface area contributed by atoms with Crippen LogP contribution in [0.2, 0.25) is 0 Å². The van der Waals surface area contributed by atoms with E-state index in [2.05, 4.69) is 15.2 Å². The molecule has 2 heterocycles. The number of nitrogens with zero attached hydrogens (tertiary/aromatic N) is 3. The third kappa shape index (κ3) is 4.68. The first-order chi connectivity index (χ1) is 13.3. The minimum Gasteiger partial charge on any atom is -0.435 e. The van der Waals surface area contributed by atoms with Crippen molar-refractivity contribution in [1.82, 2.24) is 9.78 Å². The summed E-state index contributed by atoms with van der Waals surface area (Å²) in [5.41, 5.74) is 1.84. The molecule has 0 unspecified atom stereocenters. The van der Waals surface area contributed by atoms with Crippen LogP contribution < -0.4 is 10.1 Å². The van der Waals surface area contributed by atoms with Gasteiger partial charge in [0, 0.05) is 5.69 Å². The van der Waals surface area contributed by atoms with Gasteiger partial charge in [0.25, 0.3) is 5.91 Å². The van der Waals surface area contributed by atoms with Crippen LogP contribution in [0.4, 0.5) is 20.3 Å². The van der Waals surface area contributed by atoms with E-state index < -0.39 is 11.5 Å². The van der Waals surface area contributed by atoms with Gasteiger partial charge in [-0.2, -0.15) is 13.5 Å². The van der Waals surface area contributed by atoms with E-state index in [-0.39, 0.29) is 17.5 Å². The number of carbonyl (C=O) groups is 1. The lowest BCUT2D eigenvalue weighted by molar-refractivity contribution is -0.389. The number of nitro groups is 1. The van der Waals surface area contributed by atoms with Crippen molar-refractivity contribution >= 4 is 28.7 Å². The number of anilines is 1. The summed E-state index contributed by atoms with van der Waals surface area (Å²) in [6.07, 6.45) is 0. The molecule has 11 heteroatoms. The number of rotatable bonds is 7. The van der Waals surface area contributed by atoms with Crippen molar-refractivity contribution in [2.24, 2.45) is 0 Å². The second-order valence-electron chi connectivity index (χ2n) is 5.73. The lowest BCUT2D eigenvalue weighted by Crippen LogP contribution is -2.10. The number of thiophene rings is 1. The van der Waals surface area contributed by atoms with Gasteiger partial charge in [-0.15, -0.1) is 11.3 Å². The predicted molar refractivity (Wildman–Crippen MR) is 98.1 cm³/mol. The lowest BCUT2D eigenvalue weighted by Gasteiger charge is -2.06. The number of hydrogen-bond acceptors (Lipinski definition) is 6. The van der Waals surface area contributed by atoms with Gasteiger partial charge in [-0.1, -0.05) is 0 Å². The van der Waals surface area contributed by atoms with Crippen molar-refractivity contribution in [3.63, 3.8) is 0 Å². The molecule has 0 aliphatic heterocycles. The molecule has 1 aromatic carbocycles. The molecule has 146 valence electrons. The summed E-state index contributed by atoms with van der Waals surface area (Å²) in [4.78, 5) is 23.0. The van der Waals surface area contributed by atoms with E-state index in [9.17, 15) is 23.7 Å². The maximum Gasteiger partial charge on any atom is 0.390 e. The summed E-state index contributed by atoms with van der Waals surface area (Å²) in [7, 11) is 0. The summed E-state index contributed by atoms with van der Waals surface area (Å²) in [5.74, 6) is -0.595. The Kier molecular flexibility index (Phi) is 5.64. The van der Waals surface area contributed by atoms with Crippen LogP contribution in [0.25, 0.3) is 0 Å². The van der Waals surface area contributed by atoms with Gasteiger partial charge in [-0.3, -0.25) is 4.79 Å². The molecule has 3 rings (SSSR count). The molecule has 28 heavy (non-hydrogen) atoms. The second kappa shape index (κ2) is 8.13. The van der Waals surface area contributed by atoms with Crippen molar-refractivity contribution < 1.29 is 23.2 Å². The molecule has 0 saturated carbocycles. The Hall–Kier alpha value is -3.34. The third-order valence-corrected chi connectivity index (χ3v) is 4.68. The highest BCUT2D eigenvalue weighted by atomic mass is 32.1. The quantitative estimate of drug-likeness (QED) is 0.469. The summed E-state index contributed by atoms with van der Waals surface area (Å²) in [6, 6.07) is 8.61. The van der Waals surface area contributed by atoms with Gasteiger partial charge in [0.15, 0.2) is 0 Å². The first-order valence-electron chi connectivity index (χ1n) is 7.94. The first-order valence-corrected chi connectivity index (χ1v) is 8.82. The molecule has 8 nitrogen and oxygen atoms in total. The lowest BCUT2D eigenvalue weighted by atomic mass is 10.2. The highest BCUT2D eigenvalue weighted by Crippen LogP contribution is 2.21. The van der Waals surface area contributed by atoms with E-state index in [1.807, 2.05) is 0 Å². The maximum atomic E-state index is 12.3. The van der Waals surface area contributed by atoms with Crippen molar-refractivity contribution in [3.8, 4) is 5.75 Å². The second-order valence-corrected chi connectivity index (χ2v) is 6.65. The molecule has 0 atom stereocenters. The van der Waals surface area contributed by atoms with E-state index in [0.717, 1.165) is 5.56 Å². The zero-order valence-electron chi connectivity index (χ0n) is 14.5. The molecule has 0 aliphatic rings.